The number of alkyl carbamates (subject to hydrolysis) is 1. The molecule has 1 rings (SSSR count). The molecule has 19 heavy (non-hydrogen) atoms. The van der Waals surface area contributed by atoms with Gasteiger partial charge in [0.1, 0.15) is 12.3 Å². The summed E-state index contributed by atoms with van der Waals surface area (Å²) in [6.45, 7) is 4.75. The van der Waals surface area contributed by atoms with Crippen LogP contribution < -0.4 is 5.32 Å². The number of nitrogens with one attached hydrogen (secondary N) is 1. The van der Waals surface area contributed by atoms with Gasteiger partial charge in [0.15, 0.2) is 0 Å². The minimum atomic E-state index is -0.591. The lowest BCUT2D eigenvalue weighted by Crippen LogP contribution is -2.40. The van der Waals surface area contributed by atoms with E-state index >= 15 is 0 Å². The minimum Gasteiger partial charge on any atom is -0.444 e. The first-order valence-corrected chi connectivity index (χ1v) is 6.50. The van der Waals surface area contributed by atoms with Gasteiger partial charge in [0.25, 0.3) is 0 Å². The van der Waals surface area contributed by atoms with E-state index in [1.54, 1.807) is 20.8 Å². The molecule has 1 amide bonds. The van der Waals surface area contributed by atoms with E-state index in [-0.39, 0.29) is 0 Å². The molecule has 4 heteroatoms. The molecule has 0 saturated carbocycles. The van der Waals surface area contributed by atoms with Gasteiger partial charge in [-0.05, 0) is 39.2 Å². The highest BCUT2D eigenvalue weighted by Crippen LogP contribution is 2.09. The average Bonchev–Trinajstić information content (AvgIpc) is 2.33. The van der Waals surface area contributed by atoms with E-state index in [1.807, 2.05) is 30.3 Å². The number of rotatable bonds is 5. The maximum atomic E-state index is 12.9. The molecule has 0 radical (unpaired) electrons. The van der Waals surface area contributed by atoms with Gasteiger partial charge in [-0.25, -0.2) is 9.18 Å². The van der Waals surface area contributed by atoms with Gasteiger partial charge in [-0.1, -0.05) is 30.3 Å². The quantitative estimate of drug-likeness (QED) is 0.887. The number of halogens is 1. The van der Waals surface area contributed by atoms with Gasteiger partial charge in [0, 0.05) is 0 Å². The smallest absolute Gasteiger partial charge is 0.407 e. The molecule has 1 aromatic carbocycles. The van der Waals surface area contributed by atoms with Crippen molar-refractivity contribution in [1.82, 2.24) is 5.32 Å². The number of alkyl halides is 1. The van der Waals surface area contributed by atoms with Gasteiger partial charge in [0.2, 0.25) is 0 Å². The van der Waals surface area contributed by atoms with Crippen LogP contribution in [0.15, 0.2) is 30.3 Å². The first-order valence-electron chi connectivity index (χ1n) is 6.50. The third kappa shape index (κ3) is 6.79. The molecular weight excluding hydrogens is 245 g/mol. The Kier molecular flexibility index (Phi) is 5.80. The number of carbonyl (C=O) groups is 1. The molecular formula is C15H22FNO2. The van der Waals surface area contributed by atoms with Crippen molar-refractivity contribution in [3.63, 3.8) is 0 Å². The lowest BCUT2D eigenvalue weighted by molar-refractivity contribution is 0.0493. The topological polar surface area (TPSA) is 38.3 Å². The molecule has 0 aliphatic carbocycles. The van der Waals surface area contributed by atoms with Crippen LogP contribution in [0.5, 0.6) is 0 Å². The predicted octanol–water partition coefficient (Wildman–Crippen LogP) is 3.48. The van der Waals surface area contributed by atoms with Crippen LogP contribution in [0.3, 0.4) is 0 Å². The summed E-state index contributed by atoms with van der Waals surface area (Å²) in [4.78, 5) is 11.5. The van der Waals surface area contributed by atoms with Crippen LogP contribution >= 0.6 is 0 Å². The highest BCUT2D eigenvalue weighted by Gasteiger charge is 2.19. The van der Waals surface area contributed by atoms with Crippen LogP contribution in [0.1, 0.15) is 32.8 Å². The average molecular weight is 267 g/mol. The molecule has 3 nitrogen and oxygen atoms in total. The number of hydrogen-bond donors (Lipinski definition) is 1. The summed E-state index contributed by atoms with van der Waals surface area (Å²) < 4.78 is 18.0. The van der Waals surface area contributed by atoms with Crippen LogP contribution in [-0.2, 0) is 11.2 Å². The fourth-order valence-electron chi connectivity index (χ4n) is 1.65. The lowest BCUT2D eigenvalue weighted by Gasteiger charge is -2.22. The second kappa shape index (κ2) is 7.12. The summed E-state index contributed by atoms with van der Waals surface area (Å²) in [6, 6.07) is 9.30. The second-order valence-electron chi connectivity index (χ2n) is 5.52. The zero-order chi connectivity index (χ0) is 14.3. The molecule has 0 aliphatic rings. The molecule has 0 heterocycles. The van der Waals surface area contributed by atoms with Crippen molar-refractivity contribution < 1.29 is 13.9 Å². The maximum Gasteiger partial charge on any atom is 0.407 e. The van der Waals surface area contributed by atoms with E-state index in [0.717, 1.165) is 12.0 Å². The fraction of sp³-hybridized carbons (Fsp3) is 0.533. The summed E-state index contributed by atoms with van der Waals surface area (Å²) in [6.07, 6.45) is 0.716. The molecule has 1 atom stereocenters. The van der Waals surface area contributed by atoms with Gasteiger partial charge < -0.3 is 10.1 Å². The summed E-state index contributed by atoms with van der Waals surface area (Å²) in [5, 5.41) is 2.56. The molecule has 0 aromatic heterocycles. The number of hydrogen-bond acceptors (Lipinski definition) is 2. The Balaban J connectivity index is 2.39. The van der Waals surface area contributed by atoms with E-state index in [9.17, 15) is 9.18 Å². The van der Waals surface area contributed by atoms with Gasteiger partial charge >= 0.3 is 6.09 Å². The minimum absolute atomic E-state index is 0.505. The first-order chi connectivity index (χ1) is 8.90. The van der Waals surface area contributed by atoms with E-state index in [1.165, 1.54) is 0 Å². The highest BCUT2D eigenvalue weighted by molar-refractivity contribution is 5.68. The molecule has 0 fully saturated rings. The third-order valence-corrected chi connectivity index (χ3v) is 2.53. The molecule has 0 spiro atoms. The third-order valence-electron chi connectivity index (χ3n) is 2.53. The number of aryl methyl sites for hydroxylation is 1. The number of ether oxygens (including phenoxy) is 1. The standard InChI is InChI=1S/C15H22FNO2/c1-15(2,3)19-14(18)17-13(11-16)10-9-12-7-5-4-6-8-12/h4-8,13H,9-11H2,1-3H3,(H,17,18)/t13-/m0/s1. The van der Waals surface area contributed by atoms with Crippen molar-refractivity contribution in [2.75, 3.05) is 6.67 Å². The molecule has 0 unspecified atom stereocenters. The summed E-state index contributed by atoms with van der Waals surface area (Å²) in [5.41, 5.74) is 0.566. The van der Waals surface area contributed by atoms with Crippen LogP contribution in [0.2, 0.25) is 0 Å². The van der Waals surface area contributed by atoms with Crippen LogP contribution in [0.25, 0.3) is 0 Å². The molecule has 1 N–H and O–H groups in total. The summed E-state index contributed by atoms with van der Waals surface area (Å²) >= 11 is 0. The fourth-order valence-corrected chi connectivity index (χ4v) is 1.65. The Morgan fingerprint density at radius 1 is 1.32 bits per heavy atom. The number of carbonyl (C=O) groups excluding carboxylic acids is 1. The van der Waals surface area contributed by atoms with Gasteiger partial charge in [0.05, 0.1) is 6.04 Å². The maximum absolute atomic E-state index is 12.9. The molecule has 1 aromatic rings. The Morgan fingerprint density at radius 2 is 1.95 bits per heavy atom. The summed E-state index contributed by atoms with van der Waals surface area (Å²) in [7, 11) is 0. The van der Waals surface area contributed by atoms with Gasteiger partial charge in [-0.2, -0.15) is 0 Å². The SMILES string of the molecule is CC(C)(C)OC(=O)N[C@H](CF)CCc1ccccc1. The van der Waals surface area contributed by atoms with Crippen molar-refractivity contribution in [2.45, 2.75) is 45.3 Å². The monoisotopic (exact) mass is 267 g/mol. The molecule has 0 aliphatic heterocycles. The first kappa shape index (κ1) is 15.5. The van der Waals surface area contributed by atoms with Crippen LogP contribution in [-0.4, -0.2) is 24.4 Å². The molecule has 0 bridgehead atoms. The van der Waals surface area contributed by atoms with Crippen molar-refractivity contribution >= 4 is 6.09 Å². The summed E-state index contributed by atoms with van der Waals surface area (Å²) in [5.74, 6) is 0. The Hall–Kier alpha value is -1.58. The Morgan fingerprint density at radius 3 is 2.47 bits per heavy atom. The largest absolute Gasteiger partial charge is 0.444 e. The number of benzene rings is 1. The zero-order valence-corrected chi connectivity index (χ0v) is 11.8. The van der Waals surface area contributed by atoms with Crippen LogP contribution in [0.4, 0.5) is 9.18 Å². The molecule has 0 saturated heterocycles. The normalized spacial score (nSPS) is 12.8. The van der Waals surface area contributed by atoms with Crippen molar-refractivity contribution in [3.8, 4) is 0 Å². The lowest BCUT2D eigenvalue weighted by atomic mass is 10.1. The van der Waals surface area contributed by atoms with Crippen LogP contribution in [0, 0.1) is 0 Å². The second-order valence-corrected chi connectivity index (χ2v) is 5.52. The van der Waals surface area contributed by atoms with E-state index in [2.05, 4.69) is 5.32 Å². The highest BCUT2D eigenvalue weighted by atomic mass is 19.1. The molecule has 106 valence electrons. The van der Waals surface area contributed by atoms with Crippen molar-refractivity contribution in [3.05, 3.63) is 35.9 Å². The van der Waals surface area contributed by atoms with Gasteiger partial charge in [-0.15, -0.1) is 0 Å². The zero-order valence-electron chi connectivity index (χ0n) is 11.8. The number of amides is 1. The Bertz CT molecular complexity index is 387. The van der Waals surface area contributed by atoms with E-state index in [0.29, 0.717) is 6.42 Å². The van der Waals surface area contributed by atoms with E-state index in [4.69, 9.17) is 4.74 Å². The van der Waals surface area contributed by atoms with Gasteiger partial charge in [-0.3, -0.25) is 0 Å². The van der Waals surface area contributed by atoms with Crippen molar-refractivity contribution in [2.24, 2.45) is 0 Å². The predicted molar refractivity (Wildman–Crippen MR) is 73.9 cm³/mol. The van der Waals surface area contributed by atoms with Crippen molar-refractivity contribution in [1.29, 1.82) is 0 Å². The van der Waals surface area contributed by atoms with E-state index < -0.39 is 24.4 Å². The Labute approximate surface area is 114 Å².